The number of amides is 1. The number of nitrogens with one attached hydrogen (secondary N) is 1. The zero-order valence-corrected chi connectivity index (χ0v) is 15.5. The Morgan fingerprint density at radius 3 is 2.70 bits per heavy atom. The van der Waals surface area contributed by atoms with Crippen molar-refractivity contribution < 1.29 is 23.5 Å². The van der Waals surface area contributed by atoms with E-state index in [1.165, 1.54) is 25.0 Å². The number of carbonyl (C=O) groups is 3. The summed E-state index contributed by atoms with van der Waals surface area (Å²) >= 11 is 0. The monoisotopic (exact) mass is 372 g/mol. The van der Waals surface area contributed by atoms with Crippen LogP contribution in [0.1, 0.15) is 51.0 Å². The second-order valence-electron chi connectivity index (χ2n) is 6.60. The van der Waals surface area contributed by atoms with Crippen LogP contribution >= 0.6 is 0 Å². The van der Waals surface area contributed by atoms with Gasteiger partial charge in [-0.2, -0.15) is 0 Å². The van der Waals surface area contributed by atoms with Gasteiger partial charge in [0.05, 0.1) is 30.5 Å². The van der Waals surface area contributed by atoms with Crippen molar-refractivity contribution in [2.24, 2.45) is 0 Å². The number of Topliss-reactive ketones (excluding diaryl/α,β-unsaturated/α-hetero) is 1. The number of nitrogens with zero attached hydrogens (tertiary/aromatic N) is 1. The smallest absolute Gasteiger partial charge is 0.339 e. The van der Waals surface area contributed by atoms with E-state index in [1.807, 2.05) is 6.07 Å². The van der Waals surface area contributed by atoms with Gasteiger partial charge in [0.1, 0.15) is 5.82 Å². The number of aromatic amines is 1. The third kappa shape index (κ3) is 3.37. The molecule has 2 heterocycles. The van der Waals surface area contributed by atoms with Crippen LogP contribution in [0.3, 0.4) is 0 Å². The van der Waals surface area contributed by atoms with E-state index in [2.05, 4.69) is 4.98 Å². The van der Waals surface area contributed by atoms with Crippen molar-refractivity contribution in [1.82, 2.24) is 4.98 Å². The summed E-state index contributed by atoms with van der Waals surface area (Å²) in [5, 5.41) is 0. The van der Waals surface area contributed by atoms with Gasteiger partial charge in [0, 0.05) is 19.2 Å². The van der Waals surface area contributed by atoms with Gasteiger partial charge in [0.25, 0.3) is 0 Å². The second kappa shape index (κ2) is 7.34. The molecule has 142 valence electrons. The van der Waals surface area contributed by atoms with E-state index in [0.29, 0.717) is 29.9 Å². The van der Waals surface area contributed by atoms with Gasteiger partial charge < -0.3 is 14.6 Å². The van der Waals surface area contributed by atoms with Gasteiger partial charge in [0.15, 0.2) is 5.78 Å². The number of fused-ring (bicyclic) bond motifs is 1. The number of methoxy groups -OCH3 is 1. The third-order valence-corrected chi connectivity index (χ3v) is 4.87. The molecule has 0 fully saturated rings. The van der Waals surface area contributed by atoms with Crippen LogP contribution in [-0.2, 0) is 22.4 Å². The molecule has 2 aromatic rings. The van der Waals surface area contributed by atoms with Crippen LogP contribution in [0.5, 0.6) is 0 Å². The average molecular weight is 372 g/mol. The summed E-state index contributed by atoms with van der Waals surface area (Å²) in [6, 6.07) is 4.77. The van der Waals surface area contributed by atoms with Crippen molar-refractivity contribution in [1.29, 1.82) is 0 Å². The third-order valence-electron chi connectivity index (χ3n) is 4.87. The van der Waals surface area contributed by atoms with Gasteiger partial charge in [-0.1, -0.05) is 12.1 Å². The van der Waals surface area contributed by atoms with Gasteiger partial charge in [-0.3, -0.25) is 9.59 Å². The Morgan fingerprint density at radius 2 is 2.04 bits per heavy atom. The first-order valence-corrected chi connectivity index (χ1v) is 8.73. The maximum atomic E-state index is 14.3. The molecule has 1 aromatic carbocycles. The number of ketones is 1. The van der Waals surface area contributed by atoms with Crippen molar-refractivity contribution in [2.45, 2.75) is 33.1 Å². The lowest BCUT2D eigenvalue weighted by molar-refractivity contribution is -0.118. The number of benzene rings is 1. The van der Waals surface area contributed by atoms with E-state index in [0.717, 1.165) is 12.0 Å². The van der Waals surface area contributed by atoms with Gasteiger partial charge in [-0.05, 0) is 37.0 Å². The molecule has 1 N–H and O–H groups in total. The van der Waals surface area contributed by atoms with Gasteiger partial charge >= 0.3 is 5.97 Å². The van der Waals surface area contributed by atoms with Crippen LogP contribution in [0, 0.1) is 12.7 Å². The van der Waals surface area contributed by atoms with Gasteiger partial charge in [-0.15, -0.1) is 0 Å². The molecular formula is C20H21FN2O4. The highest BCUT2D eigenvalue weighted by molar-refractivity contribution is 6.03. The minimum absolute atomic E-state index is 0.160. The summed E-state index contributed by atoms with van der Waals surface area (Å²) < 4.78 is 19.1. The number of halogens is 1. The normalized spacial score (nSPS) is 13.3. The summed E-state index contributed by atoms with van der Waals surface area (Å²) in [5.74, 6) is -1.65. The Labute approximate surface area is 156 Å². The standard InChI is InChI=1S/C20H21FN2O4/c1-11-17(20(26)27-3)15(22-18(11)12(2)24)10-16(25)23-9-5-7-13-6-4-8-14(21)19(13)23/h4,6,8,22H,5,7,9-10H2,1-3H3. The van der Waals surface area contributed by atoms with Crippen LogP contribution in [0.4, 0.5) is 10.1 Å². The number of rotatable bonds is 4. The number of ether oxygens (including phenoxy) is 1. The fourth-order valence-electron chi connectivity index (χ4n) is 3.62. The number of H-pyrrole nitrogens is 1. The fraction of sp³-hybridized carbons (Fsp3) is 0.350. The predicted molar refractivity (Wildman–Crippen MR) is 97.7 cm³/mol. The van der Waals surface area contributed by atoms with E-state index in [-0.39, 0.29) is 29.4 Å². The summed E-state index contributed by atoms with van der Waals surface area (Å²) in [5.41, 5.74) is 2.28. The van der Waals surface area contributed by atoms with Crippen molar-refractivity contribution in [3.05, 3.63) is 52.1 Å². The van der Waals surface area contributed by atoms with Crippen molar-refractivity contribution in [3.8, 4) is 0 Å². The van der Waals surface area contributed by atoms with Crippen LogP contribution in [0.25, 0.3) is 0 Å². The Morgan fingerprint density at radius 1 is 1.30 bits per heavy atom. The largest absolute Gasteiger partial charge is 0.465 e. The molecular weight excluding hydrogens is 351 g/mol. The number of esters is 1. The number of para-hydroxylation sites is 1. The lowest BCUT2D eigenvalue weighted by atomic mass is 10.0. The van der Waals surface area contributed by atoms with Crippen LogP contribution in [-0.4, -0.2) is 36.3 Å². The average Bonchev–Trinajstić information content (AvgIpc) is 2.97. The van der Waals surface area contributed by atoms with Gasteiger partial charge in [-0.25, -0.2) is 9.18 Å². The maximum absolute atomic E-state index is 14.3. The Bertz CT molecular complexity index is 932. The first-order valence-electron chi connectivity index (χ1n) is 8.73. The molecule has 1 aliphatic rings. The topological polar surface area (TPSA) is 79.5 Å². The van der Waals surface area contributed by atoms with Crippen molar-refractivity contribution >= 4 is 23.3 Å². The molecule has 1 aromatic heterocycles. The van der Waals surface area contributed by atoms with E-state index < -0.39 is 11.8 Å². The quantitative estimate of drug-likeness (QED) is 0.661. The van der Waals surface area contributed by atoms with Crippen LogP contribution in [0.2, 0.25) is 0 Å². The molecule has 0 unspecified atom stereocenters. The zero-order valence-electron chi connectivity index (χ0n) is 15.5. The molecule has 6 nitrogen and oxygen atoms in total. The van der Waals surface area contributed by atoms with Gasteiger partial charge in [0.2, 0.25) is 5.91 Å². The SMILES string of the molecule is COC(=O)c1c(CC(=O)N2CCCc3cccc(F)c32)[nH]c(C(C)=O)c1C. The molecule has 27 heavy (non-hydrogen) atoms. The number of aryl methyl sites for hydroxylation is 1. The first kappa shape index (κ1) is 18.8. The zero-order chi connectivity index (χ0) is 19.7. The molecule has 0 bridgehead atoms. The molecule has 0 aliphatic carbocycles. The summed E-state index contributed by atoms with van der Waals surface area (Å²) in [6.45, 7) is 3.41. The lowest BCUT2D eigenvalue weighted by Crippen LogP contribution is -2.37. The molecule has 3 rings (SSSR count). The number of carbonyl (C=O) groups excluding carboxylic acids is 3. The van der Waals surface area contributed by atoms with E-state index in [4.69, 9.17) is 4.74 Å². The highest BCUT2D eigenvalue weighted by atomic mass is 19.1. The highest BCUT2D eigenvalue weighted by Gasteiger charge is 2.29. The van der Waals surface area contributed by atoms with E-state index >= 15 is 0 Å². The molecule has 0 saturated carbocycles. The predicted octanol–water partition coefficient (Wildman–Crippen LogP) is 2.97. The van der Waals surface area contributed by atoms with Crippen molar-refractivity contribution in [3.63, 3.8) is 0 Å². The summed E-state index contributed by atoms with van der Waals surface area (Å²) in [6.07, 6.45) is 1.28. The minimum atomic E-state index is -0.621. The summed E-state index contributed by atoms with van der Waals surface area (Å²) in [7, 11) is 1.24. The molecule has 0 atom stereocenters. The number of hydrogen-bond acceptors (Lipinski definition) is 4. The molecule has 0 radical (unpaired) electrons. The number of anilines is 1. The van der Waals surface area contributed by atoms with Crippen LogP contribution < -0.4 is 4.90 Å². The molecule has 0 spiro atoms. The first-order chi connectivity index (χ1) is 12.8. The number of hydrogen-bond donors (Lipinski definition) is 1. The fourth-order valence-corrected chi connectivity index (χ4v) is 3.62. The van der Waals surface area contributed by atoms with Crippen molar-refractivity contribution in [2.75, 3.05) is 18.6 Å². The molecule has 7 heteroatoms. The number of aromatic nitrogens is 1. The highest BCUT2D eigenvalue weighted by Crippen LogP contribution is 2.31. The Hall–Kier alpha value is -2.96. The maximum Gasteiger partial charge on any atom is 0.339 e. The van der Waals surface area contributed by atoms with Crippen LogP contribution in [0.15, 0.2) is 18.2 Å². The Kier molecular flexibility index (Phi) is 5.12. The molecule has 1 aliphatic heterocycles. The second-order valence-corrected chi connectivity index (χ2v) is 6.60. The Balaban J connectivity index is 1.97. The van der Waals surface area contributed by atoms with E-state index in [9.17, 15) is 18.8 Å². The lowest BCUT2D eigenvalue weighted by Gasteiger charge is -2.29. The van der Waals surface area contributed by atoms with E-state index in [1.54, 1.807) is 13.0 Å². The molecule has 1 amide bonds. The molecule has 0 saturated heterocycles. The minimum Gasteiger partial charge on any atom is -0.465 e. The summed E-state index contributed by atoms with van der Waals surface area (Å²) in [4.78, 5) is 41.2.